The van der Waals surface area contributed by atoms with Crippen LogP contribution in [0.25, 0.3) is 0 Å². The maximum atomic E-state index is 14.4. The zero-order valence-corrected chi connectivity index (χ0v) is 13.0. The van der Waals surface area contributed by atoms with Crippen LogP contribution in [0.1, 0.15) is 24.0 Å². The lowest BCUT2D eigenvalue weighted by molar-refractivity contribution is -0.152. The van der Waals surface area contributed by atoms with Gasteiger partial charge in [0.1, 0.15) is 5.82 Å². The van der Waals surface area contributed by atoms with E-state index < -0.39 is 23.2 Å². The molecule has 0 aliphatic rings. The quantitative estimate of drug-likeness (QED) is 0.919. The molecule has 2 rings (SSSR count). The summed E-state index contributed by atoms with van der Waals surface area (Å²) in [7, 11) is 3.33. The van der Waals surface area contributed by atoms with Crippen molar-refractivity contribution in [3.8, 4) is 0 Å². The van der Waals surface area contributed by atoms with Gasteiger partial charge in [-0.05, 0) is 25.7 Å². The van der Waals surface area contributed by atoms with Crippen LogP contribution in [0.5, 0.6) is 0 Å². The number of hydrogen-bond donors (Lipinski definition) is 1. The Morgan fingerprint density at radius 3 is 2.14 bits per heavy atom. The zero-order valence-electron chi connectivity index (χ0n) is 13.0. The van der Waals surface area contributed by atoms with Crippen molar-refractivity contribution in [2.45, 2.75) is 18.4 Å². The summed E-state index contributed by atoms with van der Waals surface area (Å²) in [5, 5.41) is 10.00. The standard InChI is InChI=1S/C18H20FNO2/c1-13(14-9-5-4-6-10-14)18(17(21)22,20(2)3)15-11-7-8-12-16(15)19/h4-13H,1-3H3,(H,21,22). The number of likely N-dealkylation sites (N-methyl/N-ethyl adjacent to an activating group) is 1. The fraction of sp³-hybridized carbons (Fsp3) is 0.278. The summed E-state index contributed by atoms with van der Waals surface area (Å²) in [5.74, 6) is -2.02. The highest BCUT2D eigenvalue weighted by molar-refractivity contribution is 5.82. The van der Waals surface area contributed by atoms with Gasteiger partial charge in [0.05, 0.1) is 0 Å². The monoisotopic (exact) mass is 301 g/mol. The molecular formula is C18H20FNO2. The van der Waals surface area contributed by atoms with Crippen LogP contribution in [0.3, 0.4) is 0 Å². The van der Waals surface area contributed by atoms with Crippen LogP contribution in [0.15, 0.2) is 54.6 Å². The molecule has 2 atom stereocenters. The predicted octanol–water partition coefficient (Wildman–Crippen LogP) is 3.47. The van der Waals surface area contributed by atoms with Gasteiger partial charge in [-0.1, -0.05) is 55.5 Å². The average Bonchev–Trinajstić information content (AvgIpc) is 2.50. The van der Waals surface area contributed by atoms with Crippen LogP contribution < -0.4 is 0 Å². The van der Waals surface area contributed by atoms with Gasteiger partial charge in [0, 0.05) is 11.5 Å². The molecule has 0 fully saturated rings. The van der Waals surface area contributed by atoms with Gasteiger partial charge in [0.2, 0.25) is 0 Å². The lowest BCUT2D eigenvalue weighted by Crippen LogP contribution is -2.52. The summed E-state index contributed by atoms with van der Waals surface area (Å²) in [6, 6.07) is 15.4. The van der Waals surface area contributed by atoms with Crippen molar-refractivity contribution in [1.82, 2.24) is 4.90 Å². The Morgan fingerprint density at radius 1 is 1.09 bits per heavy atom. The summed E-state index contributed by atoms with van der Waals surface area (Å²) in [6.07, 6.45) is 0. The van der Waals surface area contributed by atoms with Crippen molar-refractivity contribution in [3.05, 3.63) is 71.5 Å². The lowest BCUT2D eigenvalue weighted by atomic mass is 9.74. The van der Waals surface area contributed by atoms with Crippen LogP contribution >= 0.6 is 0 Å². The molecule has 2 aromatic rings. The Balaban J connectivity index is 2.71. The number of aliphatic carboxylic acids is 1. The molecule has 22 heavy (non-hydrogen) atoms. The largest absolute Gasteiger partial charge is 0.480 e. The van der Waals surface area contributed by atoms with E-state index in [0.717, 1.165) is 5.56 Å². The van der Waals surface area contributed by atoms with E-state index in [1.165, 1.54) is 6.07 Å². The van der Waals surface area contributed by atoms with Gasteiger partial charge < -0.3 is 5.11 Å². The Hall–Kier alpha value is -2.20. The average molecular weight is 301 g/mol. The fourth-order valence-corrected chi connectivity index (χ4v) is 3.11. The molecule has 0 heterocycles. The van der Waals surface area contributed by atoms with E-state index in [1.54, 1.807) is 37.2 Å². The van der Waals surface area contributed by atoms with Crippen molar-refractivity contribution in [3.63, 3.8) is 0 Å². The van der Waals surface area contributed by atoms with Crippen LogP contribution in [0.4, 0.5) is 4.39 Å². The summed E-state index contributed by atoms with van der Waals surface area (Å²) >= 11 is 0. The SMILES string of the molecule is CC(c1ccccc1)C(C(=O)O)(c1ccccc1F)N(C)C. The van der Waals surface area contributed by atoms with E-state index in [1.807, 2.05) is 37.3 Å². The predicted molar refractivity (Wildman–Crippen MR) is 84.3 cm³/mol. The van der Waals surface area contributed by atoms with Gasteiger partial charge in [-0.15, -0.1) is 0 Å². The first-order valence-electron chi connectivity index (χ1n) is 7.13. The molecule has 116 valence electrons. The van der Waals surface area contributed by atoms with E-state index in [0.29, 0.717) is 0 Å². The first-order chi connectivity index (χ1) is 10.4. The third kappa shape index (κ3) is 2.50. The minimum Gasteiger partial charge on any atom is -0.480 e. The molecule has 1 N–H and O–H groups in total. The van der Waals surface area contributed by atoms with E-state index >= 15 is 0 Å². The normalized spacial score (nSPS) is 15.3. The Morgan fingerprint density at radius 2 is 1.64 bits per heavy atom. The second kappa shape index (κ2) is 6.28. The molecule has 0 radical (unpaired) electrons. The topological polar surface area (TPSA) is 40.5 Å². The smallest absolute Gasteiger partial charge is 0.329 e. The molecule has 0 saturated heterocycles. The van der Waals surface area contributed by atoms with Gasteiger partial charge in [0.15, 0.2) is 5.54 Å². The van der Waals surface area contributed by atoms with E-state index in [9.17, 15) is 14.3 Å². The number of nitrogens with zero attached hydrogens (tertiary/aromatic N) is 1. The van der Waals surface area contributed by atoms with E-state index in [2.05, 4.69) is 0 Å². The second-order valence-corrected chi connectivity index (χ2v) is 5.58. The van der Waals surface area contributed by atoms with Crippen molar-refractivity contribution < 1.29 is 14.3 Å². The third-order valence-corrected chi connectivity index (χ3v) is 4.24. The van der Waals surface area contributed by atoms with Crippen LogP contribution in [-0.2, 0) is 10.3 Å². The molecule has 0 saturated carbocycles. The fourth-order valence-electron chi connectivity index (χ4n) is 3.11. The Kier molecular flexibility index (Phi) is 4.62. The summed E-state index contributed by atoms with van der Waals surface area (Å²) < 4.78 is 14.4. The number of hydrogen-bond acceptors (Lipinski definition) is 2. The second-order valence-electron chi connectivity index (χ2n) is 5.58. The number of carboxylic acid groups (broad SMARTS) is 1. The number of halogens is 1. The van der Waals surface area contributed by atoms with Crippen LogP contribution in [-0.4, -0.2) is 30.1 Å². The van der Waals surface area contributed by atoms with Crippen molar-refractivity contribution >= 4 is 5.97 Å². The number of rotatable bonds is 5. The molecule has 2 unspecified atom stereocenters. The number of carboxylic acids is 1. The maximum absolute atomic E-state index is 14.4. The van der Waals surface area contributed by atoms with Crippen molar-refractivity contribution in [1.29, 1.82) is 0 Å². The highest BCUT2D eigenvalue weighted by atomic mass is 19.1. The van der Waals surface area contributed by atoms with E-state index in [-0.39, 0.29) is 5.56 Å². The number of carbonyl (C=O) groups is 1. The first kappa shape index (κ1) is 16.2. The molecule has 0 bridgehead atoms. The summed E-state index contributed by atoms with van der Waals surface area (Å²) in [4.78, 5) is 13.8. The van der Waals surface area contributed by atoms with Crippen molar-refractivity contribution in [2.24, 2.45) is 0 Å². The summed E-state index contributed by atoms with van der Waals surface area (Å²) in [5.41, 5.74) is -0.460. The Bertz CT molecular complexity index is 657. The van der Waals surface area contributed by atoms with Crippen LogP contribution in [0, 0.1) is 5.82 Å². The third-order valence-electron chi connectivity index (χ3n) is 4.24. The van der Waals surface area contributed by atoms with Gasteiger partial charge in [0.25, 0.3) is 0 Å². The number of benzene rings is 2. The van der Waals surface area contributed by atoms with Gasteiger partial charge >= 0.3 is 5.97 Å². The molecule has 0 amide bonds. The maximum Gasteiger partial charge on any atom is 0.329 e. The molecule has 0 aliphatic heterocycles. The van der Waals surface area contributed by atoms with E-state index in [4.69, 9.17) is 0 Å². The minimum absolute atomic E-state index is 0.170. The molecule has 0 aliphatic carbocycles. The van der Waals surface area contributed by atoms with Gasteiger partial charge in [-0.25, -0.2) is 9.18 Å². The molecular weight excluding hydrogens is 281 g/mol. The molecule has 0 spiro atoms. The van der Waals surface area contributed by atoms with Gasteiger partial charge in [-0.3, -0.25) is 4.90 Å². The highest BCUT2D eigenvalue weighted by Gasteiger charge is 2.49. The minimum atomic E-state index is -1.48. The molecule has 4 heteroatoms. The van der Waals surface area contributed by atoms with Crippen LogP contribution in [0.2, 0.25) is 0 Å². The molecule has 0 aromatic heterocycles. The molecule has 3 nitrogen and oxygen atoms in total. The highest BCUT2D eigenvalue weighted by Crippen LogP contribution is 2.42. The summed E-state index contributed by atoms with van der Waals surface area (Å²) in [6.45, 7) is 1.82. The zero-order chi connectivity index (χ0) is 16.3. The van der Waals surface area contributed by atoms with Crippen molar-refractivity contribution in [2.75, 3.05) is 14.1 Å². The lowest BCUT2D eigenvalue weighted by Gasteiger charge is -2.41. The van der Waals surface area contributed by atoms with Gasteiger partial charge in [-0.2, -0.15) is 0 Å². The Labute approximate surface area is 130 Å². The first-order valence-corrected chi connectivity index (χ1v) is 7.13. The molecule has 2 aromatic carbocycles.